The van der Waals surface area contributed by atoms with Crippen molar-refractivity contribution in [2.45, 2.75) is 32.8 Å². The Balaban J connectivity index is 3.02. The van der Waals surface area contributed by atoms with Crippen LogP contribution in [0.5, 0.6) is 0 Å². The monoisotopic (exact) mass is 163 g/mol. The minimum absolute atomic E-state index is 0.0976. The maximum Gasteiger partial charge on any atom is 0.0682 e. The molecule has 0 aliphatic carbocycles. The zero-order valence-corrected chi connectivity index (χ0v) is 7.89. The molecule has 0 unspecified atom stereocenters. The van der Waals surface area contributed by atoms with Crippen LogP contribution < -0.4 is 0 Å². The fraction of sp³-hybridized carbons (Fsp3) is 0.455. The van der Waals surface area contributed by atoms with Gasteiger partial charge in [0, 0.05) is 0 Å². The van der Waals surface area contributed by atoms with E-state index >= 15 is 0 Å². The molecule has 0 spiro atoms. The van der Waals surface area contributed by atoms with Crippen molar-refractivity contribution in [3.8, 4) is 0 Å². The lowest BCUT2D eigenvalue weighted by molar-refractivity contribution is 0.281. The van der Waals surface area contributed by atoms with Crippen LogP contribution in [-0.2, 0) is 12.0 Å². The molecule has 12 heavy (non-hydrogen) atoms. The lowest BCUT2D eigenvalue weighted by Gasteiger charge is -2.19. The van der Waals surface area contributed by atoms with Crippen molar-refractivity contribution in [3.63, 3.8) is 0 Å². The number of aliphatic hydroxyl groups is 1. The fourth-order valence-corrected chi connectivity index (χ4v) is 1.05. The summed E-state index contributed by atoms with van der Waals surface area (Å²) in [7, 11) is 0. The van der Waals surface area contributed by atoms with Crippen molar-refractivity contribution < 1.29 is 5.11 Å². The predicted molar refractivity (Wildman–Crippen MR) is 49.9 cm³/mol. The molecule has 0 fully saturated rings. The second-order valence-corrected chi connectivity index (χ2v) is 4.04. The fourth-order valence-electron chi connectivity index (χ4n) is 1.05. The van der Waals surface area contributed by atoms with Gasteiger partial charge in [0.15, 0.2) is 0 Å². The first-order valence-corrected chi connectivity index (χ1v) is 4.15. The van der Waals surface area contributed by atoms with Crippen LogP contribution in [-0.4, -0.2) is 5.11 Å². The molecule has 65 valence electrons. The first-order valence-electron chi connectivity index (χ1n) is 4.15. The van der Waals surface area contributed by atoms with E-state index in [0.29, 0.717) is 0 Å². The number of rotatable bonds is 1. The van der Waals surface area contributed by atoms with Crippen LogP contribution in [0.15, 0.2) is 18.2 Å². The van der Waals surface area contributed by atoms with Crippen molar-refractivity contribution in [2.75, 3.05) is 0 Å². The highest BCUT2D eigenvalue weighted by atomic mass is 16.3. The Bertz CT molecular complexity index is 258. The number of benzene rings is 1. The SMILES string of the molecule is CC(C)(C)c1c[c]cc(CO)c1. The van der Waals surface area contributed by atoms with Crippen molar-refractivity contribution in [3.05, 3.63) is 35.4 Å². The summed E-state index contributed by atoms with van der Waals surface area (Å²) in [4.78, 5) is 0. The summed E-state index contributed by atoms with van der Waals surface area (Å²) in [6.07, 6.45) is 0. The predicted octanol–water partition coefficient (Wildman–Crippen LogP) is 2.28. The van der Waals surface area contributed by atoms with Gasteiger partial charge in [-0.25, -0.2) is 0 Å². The molecule has 1 heteroatoms. The van der Waals surface area contributed by atoms with Gasteiger partial charge >= 0.3 is 0 Å². The smallest absolute Gasteiger partial charge is 0.0682 e. The lowest BCUT2D eigenvalue weighted by atomic mass is 9.86. The summed E-state index contributed by atoms with van der Waals surface area (Å²) >= 11 is 0. The quantitative estimate of drug-likeness (QED) is 0.673. The molecule has 0 aliphatic heterocycles. The number of hydrogen-bond acceptors (Lipinski definition) is 1. The summed E-state index contributed by atoms with van der Waals surface area (Å²) < 4.78 is 0. The van der Waals surface area contributed by atoms with Crippen LogP contribution in [0.1, 0.15) is 31.9 Å². The Morgan fingerprint density at radius 2 is 2.00 bits per heavy atom. The van der Waals surface area contributed by atoms with Gasteiger partial charge in [0.1, 0.15) is 0 Å². The van der Waals surface area contributed by atoms with Gasteiger partial charge in [0.25, 0.3) is 0 Å². The molecule has 0 saturated carbocycles. The van der Waals surface area contributed by atoms with Crippen molar-refractivity contribution in [1.82, 2.24) is 0 Å². The van der Waals surface area contributed by atoms with Crippen molar-refractivity contribution in [1.29, 1.82) is 0 Å². The summed E-state index contributed by atoms with van der Waals surface area (Å²) in [5.74, 6) is 0. The Labute approximate surface area is 74.1 Å². The molecular weight excluding hydrogens is 148 g/mol. The Morgan fingerprint density at radius 1 is 1.33 bits per heavy atom. The van der Waals surface area contributed by atoms with Gasteiger partial charge in [-0.3, -0.25) is 0 Å². The Morgan fingerprint density at radius 3 is 2.50 bits per heavy atom. The standard InChI is InChI=1S/C11H15O/c1-11(2,3)10-6-4-5-9(7-10)8-12/h5-7,12H,8H2,1-3H3. The van der Waals surface area contributed by atoms with Crippen LogP contribution in [0, 0.1) is 6.07 Å². The summed E-state index contributed by atoms with van der Waals surface area (Å²) in [5, 5.41) is 8.91. The highest BCUT2D eigenvalue weighted by molar-refractivity contribution is 5.27. The molecule has 1 rings (SSSR count). The van der Waals surface area contributed by atoms with Gasteiger partial charge in [0.05, 0.1) is 6.61 Å². The molecule has 0 saturated heterocycles. The molecule has 0 bridgehead atoms. The lowest BCUT2D eigenvalue weighted by Crippen LogP contribution is -2.11. The van der Waals surface area contributed by atoms with Crippen LogP contribution in [0.25, 0.3) is 0 Å². The van der Waals surface area contributed by atoms with Crippen LogP contribution >= 0.6 is 0 Å². The number of aliphatic hydroxyl groups excluding tert-OH is 1. The third-order valence-electron chi connectivity index (χ3n) is 1.90. The molecule has 1 aromatic carbocycles. The Hall–Kier alpha value is -0.820. The van der Waals surface area contributed by atoms with Gasteiger partial charge in [0.2, 0.25) is 0 Å². The van der Waals surface area contributed by atoms with Gasteiger partial charge in [-0.05, 0) is 28.7 Å². The second-order valence-electron chi connectivity index (χ2n) is 4.04. The van der Waals surface area contributed by atoms with E-state index in [9.17, 15) is 0 Å². The molecule has 1 nitrogen and oxygen atoms in total. The van der Waals surface area contributed by atoms with Gasteiger partial charge in [-0.1, -0.05) is 32.9 Å². The summed E-state index contributed by atoms with van der Waals surface area (Å²) in [5.41, 5.74) is 2.29. The molecule has 0 aromatic heterocycles. The Kier molecular flexibility index (Phi) is 2.53. The van der Waals surface area contributed by atoms with Crippen LogP contribution in [0.2, 0.25) is 0 Å². The summed E-state index contributed by atoms with van der Waals surface area (Å²) in [6.45, 7) is 6.55. The maximum absolute atomic E-state index is 8.91. The topological polar surface area (TPSA) is 20.2 Å². The molecule has 1 N–H and O–H groups in total. The number of hydrogen-bond donors (Lipinski definition) is 1. The maximum atomic E-state index is 8.91. The van der Waals surface area contributed by atoms with E-state index in [4.69, 9.17) is 5.11 Å². The second kappa shape index (κ2) is 3.28. The van der Waals surface area contributed by atoms with Crippen molar-refractivity contribution >= 4 is 0 Å². The van der Waals surface area contributed by atoms with Gasteiger partial charge in [-0.2, -0.15) is 0 Å². The third-order valence-corrected chi connectivity index (χ3v) is 1.90. The zero-order valence-electron chi connectivity index (χ0n) is 7.89. The first kappa shape index (κ1) is 9.27. The van der Waals surface area contributed by atoms with Crippen LogP contribution in [0.3, 0.4) is 0 Å². The molecule has 1 radical (unpaired) electrons. The molecule has 0 atom stereocenters. The average Bonchev–Trinajstić information content (AvgIpc) is 2.03. The first-order chi connectivity index (χ1) is 5.54. The van der Waals surface area contributed by atoms with E-state index in [1.807, 2.05) is 18.2 Å². The molecule has 0 aliphatic rings. The largest absolute Gasteiger partial charge is 0.392 e. The van der Waals surface area contributed by atoms with Gasteiger partial charge < -0.3 is 5.11 Å². The van der Waals surface area contributed by atoms with Crippen LogP contribution in [0.4, 0.5) is 0 Å². The van der Waals surface area contributed by atoms with E-state index in [-0.39, 0.29) is 12.0 Å². The van der Waals surface area contributed by atoms with E-state index < -0.39 is 0 Å². The molecule has 0 heterocycles. The highest BCUT2D eigenvalue weighted by Crippen LogP contribution is 2.22. The minimum Gasteiger partial charge on any atom is -0.392 e. The van der Waals surface area contributed by atoms with Crippen molar-refractivity contribution in [2.24, 2.45) is 0 Å². The third kappa shape index (κ3) is 2.08. The zero-order chi connectivity index (χ0) is 9.19. The van der Waals surface area contributed by atoms with E-state index in [2.05, 4.69) is 26.8 Å². The molecule has 1 aromatic rings. The summed E-state index contributed by atoms with van der Waals surface area (Å²) in [6, 6.07) is 8.84. The average molecular weight is 163 g/mol. The minimum atomic E-state index is 0.0976. The van der Waals surface area contributed by atoms with Gasteiger partial charge in [-0.15, -0.1) is 0 Å². The van der Waals surface area contributed by atoms with E-state index in [0.717, 1.165) is 5.56 Å². The normalized spacial score (nSPS) is 11.7. The molecular formula is C11H15O. The van der Waals surface area contributed by atoms with E-state index in [1.165, 1.54) is 5.56 Å². The molecule has 0 amide bonds. The van der Waals surface area contributed by atoms with E-state index in [1.54, 1.807) is 0 Å². The highest BCUT2D eigenvalue weighted by Gasteiger charge is 2.13.